The molecule has 0 spiro atoms. The van der Waals surface area contributed by atoms with Gasteiger partial charge in [0.15, 0.2) is 5.82 Å². The van der Waals surface area contributed by atoms with Gasteiger partial charge in [-0.05, 0) is 36.7 Å². The lowest BCUT2D eigenvalue weighted by Crippen LogP contribution is -2.46. The summed E-state index contributed by atoms with van der Waals surface area (Å²) in [5.74, 6) is 0.350. The van der Waals surface area contributed by atoms with E-state index in [4.69, 9.17) is 0 Å². The highest BCUT2D eigenvalue weighted by molar-refractivity contribution is 5.29. The number of nitrogens with zero attached hydrogens (tertiary/aromatic N) is 4. The van der Waals surface area contributed by atoms with Gasteiger partial charge in [-0.1, -0.05) is 30.3 Å². The second-order valence-corrected chi connectivity index (χ2v) is 5.33. The summed E-state index contributed by atoms with van der Waals surface area (Å²) >= 11 is 0. The molecule has 1 saturated heterocycles. The molecule has 6 nitrogen and oxygen atoms in total. The largest absolute Gasteiger partial charge is 0.389 e. The number of tetrazole rings is 1. The van der Waals surface area contributed by atoms with Gasteiger partial charge in [-0.2, -0.15) is 4.80 Å². The molecule has 0 aliphatic carbocycles. The van der Waals surface area contributed by atoms with Gasteiger partial charge in [0.1, 0.15) is 0 Å². The lowest BCUT2D eigenvalue weighted by atomic mass is 9.76. The van der Waals surface area contributed by atoms with Crippen molar-refractivity contribution in [3.63, 3.8) is 0 Å². The standard InChI is InChI=1S/C14H19N5O/c1-19-17-13(16-18-19)12(11-5-3-2-4-6-11)14(20)7-9-15-10-8-14/h2-6,12,15,20H,7-10H2,1H3. The summed E-state index contributed by atoms with van der Waals surface area (Å²) in [6.45, 7) is 1.61. The third-order valence-electron chi connectivity index (χ3n) is 3.92. The van der Waals surface area contributed by atoms with Crippen LogP contribution in [-0.4, -0.2) is 44.0 Å². The molecule has 0 bridgehead atoms. The smallest absolute Gasteiger partial charge is 0.185 e. The van der Waals surface area contributed by atoms with Crippen molar-refractivity contribution in [3.05, 3.63) is 41.7 Å². The maximum Gasteiger partial charge on any atom is 0.185 e. The maximum atomic E-state index is 11.1. The molecule has 1 aromatic carbocycles. The van der Waals surface area contributed by atoms with Crippen molar-refractivity contribution in [1.29, 1.82) is 0 Å². The van der Waals surface area contributed by atoms with E-state index in [0.29, 0.717) is 18.7 Å². The van der Waals surface area contributed by atoms with E-state index in [2.05, 4.69) is 20.7 Å². The molecular weight excluding hydrogens is 254 g/mol. The Morgan fingerprint density at radius 3 is 2.55 bits per heavy atom. The first-order valence-electron chi connectivity index (χ1n) is 6.91. The van der Waals surface area contributed by atoms with Gasteiger partial charge in [0.05, 0.1) is 18.6 Å². The zero-order valence-electron chi connectivity index (χ0n) is 11.5. The van der Waals surface area contributed by atoms with Crippen molar-refractivity contribution >= 4 is 0 Å². The average molecular weight is 273 g/mol. The van der Waals surface area contributed by atoms with Crippen LogP contribution in [-0.2, 0) is 7.05 Å². The van der Waals surface area contributed by atoms with Crippen molar-refractivity contribution in [2.75, 3.05) is 13.1 Å². The molecule has 6 heteroatoms. The fourth-order valence-electron chi connectivity index (χ4n) is 2.91. The third-order valence-corrected chi connectivity index (χ3v) is 3.92. The number of aryl methyl sites for hydroxylation is 1. The van der Waals surface area contributed by atoms with E-state index >= 15 is 0 Å². The van der Waals surface area contributed by atoms with Crippen LogP contribution in [0.3, 0.4) is 0 Å². The van der Waals surface area contributed by atoms with Gasteiger partial charge in [-0.25, -0.2) is 0 Å². The van der Waals surface area contributed by atoms with Crippen LogP contribution in [0, 0.1) is 0 Å². The van der Waals surface area contributed by atoms with Gasteiger partial charge in [0.25, 0.3) is 0 Å². The van der Waals surface area contributed by atoms with E-state index in [9.17, 15) is 5.11 Å². The van der Waals surface area contributed by atoms with E-state index in [0.717, 1.165) is 18.7 Å². The van der Waals surface area contributed by atoms with E-state index < -0.39 is 5.60 Å². The molecule has 3 rings (SSSR count). The normalized spacial score (nSPS) is 19.7. The van der Waals surface area contributed by atoms with Crippen LogP contribution in [0.1, 0.15) is 30.1 Å². The number of piperidine rings is 1. The summed E-state index contributed by atoms with van der Waals surface area (Å²) in [6.07, 6.45) is 1.37. The molecule has 2 heterocycles. The lowest BCUT2D eigenvalue weighted by molar-refractivity contribution is -0.00703. The van der Waals surface area contributed by atoms with Crippen molar-refractivity contribution in [3.8, 4) is 0 Å². The molecule has 106 valence electrons. The molecular formula is C14H19N5O. The number of rotatable bonds is 3. The minimum Gasteiger partial charge on any atom is -0.389 e. The molecule has 1 aliphatic heterocycles. The van der Waals surface area contributed by atoms with Crippen LogP contribution >= 0.6 is 0 Å². The highest BCUT2D eigenvalue weighted by Crippen LogP contribution is 2.38. The molecule has 1 aliphatic rings. The predicted molar refractivity (Wildman–Crippen MR) is 74.1 cm³/mol. The monoisotopic (exact) mass is 273 g/mol. The summed E-state index contributed by atoms with van der Waals surface area (Å²) in [6, 6.07) is 9.95. The SMILES string of the molecule is Cn1nnc(C(c2ccccc2)C2(O)CCNCC2)n1. The van der Waals surface area contributed by atoms with Gasteiger partial charge >= 0.3 is 0 Å². The Morgan fingerprint density at radius 1 is 1.25 bits per heavy atom. The maximum absolute atomic E-state index is 11.1. The van der Waals surface area contributed by atoms with Crippen molar-refractivity contribution in [1.82, 2.24) is 25.5 Å². The van der Waals surface area contributed by atoms with Crippen molar-refractivity contribution < 1.29 is 5.11 Å². The second-order valence-electron chi connectivity index (χ2n) is 5.33. The number of benzene rings is 1. The molecule has 0 amide bonds. The van der Waals surface area contributed by atoms with E-state index in [-0.39, 0.29) is 5.92 Å². The topological polar surface area (TPSA) is 75.9 Å². The van der Waals surface area contributed by atoms with Gasteiger partial charge < -0.3 is 10.4 Å². The fraction of sp³-hybridized carbons (Fsp3) is 0.500. The van der Waals surface area contributed by atoms with Gasteiger partial charge in [0.2, 0.25) is 0 Å². The third kappa shape index (κ3) is 2.44. The highest BCUT2D eigenvalue weighted by Gasteiger charge is 2.42. The molecule has 1 fully saturated rings. The lowest BCUT2D eigenvalue weighted by Gasteiger charge is -2.38. The Kier molecular flexibility index (Phi) is 3.50. The van der Waals surface area contributed by atoms with Gasteiger partial charge in [0, 0.05) is 0 Å². The van der Waals surface area contributed by atoms with Crippen molar-refractivity contribution in [2.24, 2.45) is 7.05 Å². The summed E-state index contributed by atoms with van der Waals surface area (Å²) in [5.41, 5.74) is 0.209. The zero-order chi connectivity index (χ0) is 14.0. The zero-order valence-corrected chi connectivity index (χ0v) is 11.5. The molecule has 1 aromatic heterocycles. The molecule has 2 N–H and O–H groups in total. The summed E-state index contributed by atoms with van der Waals surface area (Å²) in [7, 11) is 1.74. The number of nitrogens with one attached hydrogen (secondary N) is 1. The number of aromatic nitrogens is 4. The summed E-state index contributed by atoms with van der Waals surface area (Å²) in [5, 5.41) is 26.7. The van der Waals surface area contributed by atoms with E-state index in [1.807, 2.05) is 30.3 Å². The van der Waals surface area contributed by atoms with Crippen molar-refractivity contribution in [2.45, 2.75) is 24.4 Å². The first-order valence-corrected chi connectivity index (χ1v) is 6.91. The number of hydrogen-bond donors (Lipinski definition) is 2. The predicted octanol–water partition coefficient (Wildman–Crippen LogP) is 0.456. The Balaban J connectivity index is 2.03. The molecule has 2 aromatic rings. The molecule has 20 heavy (non-hydrogen) atoms. The van der Waals surface area contributed by atoms with E-state index in [1.54, 1.807) is 7.05 Å². The van der Waals surface area contributed by atoms with Crippen LogP contribution in [0.15, 0.2) is 30.3 Å². The second kappa shape index (κ2) is 5.30. The molecule has 1 unspecified atom stereocenters. The summed E-state index contributed by atoms with van der Waals surface area (Å²) in [4.78, 5) is 1.44. The average Bonchev–Trinajstić information content (AvgIpc) is 2.87. The Bertz CT molecular complexity index is 562. The minimum atomic E-state index is -0.824. The Hall–Kier alpha value is -1.79. The number of hydrogen-bond acceptors (Lipinski definition) is 5. The molecule has 0 radical (unpaired) electrons. The highest BCUT2D eigenvalue weighted by atomic mass is 16.3. The van der Waals surface area contributed by atoms with Gasteiger partial charge in [-0.15, -0.1) is 10.2 Å². The van der Waals surface area contributed by atoms with Crippen LogP contribution in [0.25, 0.3) is 0 Å². The van der Waals surface area contributed by atoms with E-state index in [1.165, 1.54) is 4.80 Å². The Morgan fingerprint density at radius 2 is 1.95 bits per heavy atom. The van der Waals surface area contributed by atoms with Crippen LogP contribution in [0.5, 0.6) is 0 Å². The first kappa shape index (κ1) is 13.2. The first-order chi connectivity index (χ1) is 9.69. The van der Waals surface area contributed by atoms with Crippen LogP contribution < -0.4 is 5.32 Å². The molecule has 1 atom stereocenters. The van der Waals surface area contributed by atoms with Crippen LogP contribution in [0.2, 0.25) is 0 Å². The fourth-order valence-corrected chi connectivity index (χ4v) is 2.91. The molecule has 0 saturated carbocycles. The summed E-state index contributed by atoms with van der Waals surface area (Å²) < 4.78 is 0. The van der Waals surface area contributed by atoms with Crippen LogP contribution in [0.4, 0.5) is 0 Å². The number of aliphatic hydroxyl groups is 1. The van der Waals surface area contributed by atoms with Gasteiger partial charge in [-0.3, -0.25) is 0 Å². The Labute approximate surface area is 117 Å². The minimum absolute atomic E-state index is 0.237. The quantitative estimate of drug-likeness (QED) is 0.849.